The molecule has 1 amide bonds. The van der Waals surface area contributed by atoms with E-state index in [0.717, 1.165) is 63.9 Å². The Labute approximate surface area is 255 Å². The third-order valence-corrected chi connectivity index (χ3v) is 9.03. The SMILES string of the molecule is CC=CC(=O)CCC(=O)N1CCN(c2ccc(-c3cc4nc(-c5cccc(O)c5)nc(N5CCOCC5)c4s3)cc2)CC1. The van der Waals surface area contributed by atoms with E-state index in [1.54, 1.807) is 42.5 Å². The number of anilines is 2. The Morgan fingerprint density at radius 2 is 1.67 bits per heavy atom. The Hall–Kier alpha value is -4.28. The van der Waals surface area contributed by atoms with Crippen LogP contribution in [0.15, 0.2) is 66.7 Å². The number of ketones is 1. The number of allylic oxidation sites excluding steroid dienone is 2. The fourth-order valence-corrected chi connectivity index (χ4v) is 6.65. The summed E-state index contributed by atoms with van der Waals surface area (Å²) in [7, 11) is 0. The number of carbonyl (C=O) groups excluding carboxylic acids is 2. The molecule has 0 bridgehead atoms. The van der Waals surface area contributed by atoms with Gasteiger partial charge < -0.3 is 24.5 Å². The molecular formula is C33H35N5O4S. The molecule has 0 saturated carbocycles. The van der Waals surface area contributed by atoms with E-state index in [1.807, 2.05) is 11.0 Å². The summed E-state index contributed by atoms with van der Waals surface area (Å²) in [5.41, 5.74) is 3.89. The van der Waals surface area contributed by atoms with E-state index in [4.69, 9.17) is 14.7 Å². The van der Waals surface area contributed by atoms with Crippen molar-refractivity contribution in [1.29, 1.82) is 0 Å². The standard InChI is InChI=1S/C33H35N5O4S/c1-2-4-26(39)11-12-30(41)37-15-13-36(14-16-37)25-9-7-23(8-10-25)29-22-28-31(43-29)33(38-17-19-42-20-18-38)35-32(34-28)24-5-3-6-27(40)21-24/h2-10,21-22,40H,11-20H2,1H3. The lowest BCUT2D eigenvalue weighted by Crippen LogP contribution is -2.48. The van der Waals surface area contributed by atoms with Gasteiger partial charge in [-0.15, -0.1) is 11.3 Å². The fourth-order valence-electron chi connectivity index (χ4n) is 5.53. The first-order chi connectivity index (χ1) is 21.0. The highest BCUT2D eigenvalue weighted by molar-refractivity contribution is 7.22. The lowest BCUT2D eigenvalue weighted by Gasteiger charge is -2.36. The molecule has 2 aromatic heterocycles. The molecule has 2 aliphatic heterocycles. The van der Waals surface area contributed by atoms with Crippen molar-refractivity contribution < 1.29 is 19.4 Å². The van der Waals surface area contributed by atoms with Crippen LogP contribution in [-0.4, -0.2) is 84.1 Å². The Morgan fingerprint density at radius 1 is 0.907 bits per heavy atom. The van der Waals surface area contributed by atoms with E-state index in [-0.39, 0.29) is 30.3 Å². The molecule has 2 aromatic carbocycles. The number of rotatable bonds is 8. The number of thiophene rings is 1. The summed E-state index contributed by atoms with van der Waals surface area (Å²) < 4.78 is 6.63. The van der Waals surface area contributed by atoms with Crippen molar-refractivity contribution >= 4 is 44.7 Å². The number of phenols is 1. The first kappa shape index (κ1) is 28.8. The number of fused-ring (bicyclic) bond motifs is 1. The molecule has 0 radical (unpaired) electrons. The van der Waals surface area contributed by atoms with Crippen molar-refractivity contribution in [1.82, 2.24) is 14.9 Å². The number of aromatic hydroxyl groups is 1. The van der Waals surface area contributed by atoms with Gasteiger partial charge in [0.15, 0.2) is 17.4 Å². The molecule has 10 heteroatoms. The maximum Gasteiger partial charge on any atom is 0.223 e. The lowest BCUT2D eigenvalue weighted by atomic mass is 10.1. The molecule has 0 spiro atoms. The normalized spacial score (nSPS) is 15.9. The average Bonchev–Trinajstić information content (AvgIpc) is 3.48. The third-order valence-electron chi connectivity index (χ3n) is 7.86. The van der Waals surface area contributed by atoms with Gasteiger partial charge in [0.25, 0.3) is 0 Å². The summed E-state index contributed by atoms with van der Waals surface area (Å²) in [5.74, 6) is 1.72. The Morgan fingerprint density at radius 3 is 2.40 bits per heavy atom. The largest absolute Gasteiger partial charge is 0.508 e. The second kappa shape index (κ2) is 12.9. The maximum atomic E-state index is 12.6. The van der Waals surface area contributed by atoms with Gasteiger partial charge in [0.05, 0.1) is 23.4 Å². The van der Waals surface area contributed by atoms with Crippen LogP contribution >= 0.6 is 11.3 Å². The number of ether oxygens (including phenoxy) is 1. The van der Waals surface area contributed by atoms with E-state index in [9.17, 15) is 14.7 Å². The zero-order valence-electron chi connectivity index (χ0n) is 24.2. The molecule has 2 aliphatic rings. The van der Waals surface area contributed by atoms with Crippen molar-refractivity contribution in [3.8, 4) is 27.6 Å². The monoisotopic (exact) mass is 597 g/mol. The number of piperazine rings is 1. The van der Waals surface area contributed by atoms with Crippen molar-refractivity contribution in [2.24, 2.45) is 0 Å². The summed E-state index contributed by atoms with van der Waals surface area (Å²) in [6.45, 7) is 7.47. The number of hydrogen-bond acceptors (Lipinski definition) is 9. The highest BCUT2D eigenvalue weighted by atomic mass is 32.1. The summed E-state index contributed by atoms with van der Waals surface area (Å²) in [6, 6.07) is 17.7. The van der Waals surface area contributed by atoms with Gasteiger partial charge in [0.2, 0.25) is 5.91 Å². The molecule has 0 aliphatic carbocycles. The molecule has 43 heavy (non-hydrogen) atoms. The van der Waals surface area contributed by atoms with Crippen LogP contribution in [-0.2, 0) is 14.3 Å². The van der Waals surface area contributed by atoms with E-state index < -0.39 is 0 Å². The molecule has 9 nitrogen and oxygen atoms in total. The van der Waals surface area contributed by atoms with Gasteiger partial charge in [-0.1, -0.05) is 30.3 Å². The summed E-state index contributed by atoms with van der Waals surface area (Å²) >= 11 is 1.69. The molecule has 6 rings (SSSR count). The van der Waals surface area contributed by atoms with Crippen LogP contribution in [0.2, 0.25) is 0 Å². The molecule has 2 fully saturated rings. The summed E-state index contributed by atoms with van der Waals surface area (Å²) in [6.07, 6.45) is 3.76. The molecule has 4 aromatic rings. The third kappa shape index (κ3) is 6.55. The number of benzene rings is 2. The van der Waals surface area contributed by atoms with E-state index >= 15 is 0 Å². The van der Waals surface area contributed by atoms with Gasteiger partial charge in [-0.25, -0.2) is 9.97 Å². The smallest absolute Gasteiger partial charge is 0.223 e. The second-order valence-corrected chi connectivity index (χ2v) is 11.8. The predicted molar refractivity (Wildman–Crippen MR) is 171 cm³/mol. The van der Waals surface area contributed by atoms with E-state index in [2.05, 4.69) is 40.1 Å². The summed E-state index contributed by atoms with van der Waals surface area (Å²) in [5, 5.41) is 10.1. The van der Waals surface area contributed by atoms with Gasteiger partial charge in [0.1, 0.15) is 5.75 Å². The van der Waals surface area contributed by atoms with Crippen molar-refractivity contribution in [3.05, 3.63) is 66.7 Å². The van der Waals surface area contributed by atoms with Crippen LogP contribution in [0.1, 0.15) is 19.8 Å². The van der Waals surface area contributed by atoms with E-state index in [0.29, 0.717) is 32.1 Å². The van der Waals surface area contributed by atoms with E-state index in [1.165, 1.54) is 6.08 Å². The van der Waals surface area contributed by atoms with Crippen LogP contribution in [0.3, 0.4) is 0 Å². The Balaban J connectivity index is 1.19. The molecule has 222 valence electrons. The highest BCUT2D eigenvalue weighted by Crippen LogP contribution is 2.39. The maximum absolute atomic E-state index is 12.6. The van der Waals surface area contributed by atoms with Gasteiger partial charge in [-0.05, 0) is 48.9 Å². The number of aromatic nitrogens is 2. The van der Waals surface area contributed by atoms with Crippen molar-refractivity contribution in [2.75, 3.05) is 62.3 Å². The molecule has 1 N–H and O–H groups in total. The first-order valence-electron chi connectivity index (χ1n) is 14.7. The average molecular weight is 598 g/mol. The fraction of sp³-hybridized carbons (Fsp3) is 0.333. The minimum absolute atomic E-state index is 0.00509. The number of morpholine rings is 1. The number of carbonyl (C=O) groups is 2. The molecule has 4 heterocycles. The molecular weight excluding hydrogens is 562 g/mol. The predicted octanol–water partition coefficient (Wildman–Crippen LogP) is 5.14. The van der Waals surface area contributed by atoms with Gasteiger partial charge >= 0.3 is 0 Å². The number of nitrogens with zero attached hydrogens (tertiary/aromatic N) is 5. The molecule has 2 saturated heterocycles. The van der Waals surface area contributed by atoms with Gasteiger partial charge in [-0.3, -0.25) is 9.59 Å². The summed E-state index contributed by atoms with van der Waals surface area (Å²) in [4.78, 5) is 41.7. The zero-order chi connectivity index (χ0) is 29.8. The van der Waals surface area contributed by atoms with Crippen molar-refractivity contribution in [2.45, 2.75) is 19.8 Å². The lowest BCUT2D eigenvalue weighted by molar-refractivity contribution is -0.132. The first-order valence-corrected chi connectivity index (χ1v) is 15.5. The number of hydrogen-bond donors (Lipinski definition) is 1. The number of amides is 1. The topological polar surface area (TPSA) is 99.1 Å². The minimum Gasteiger partial charge on any atom is -0.508 e. The highest BCUT2D eigenvalue weighted by Gasteiger charge is 2.23. The van der Waals surface area contributed by atoms with Gasteiger partial charge in [0, 0.05) is 68.2 Å². The van der Waals surface area contributed by atoms with Crippen LogP contribution in [0.4, 0.5) is 11.5 Å². The minimum atomic E-state index is -0.00509. The quantitative estimate of drug-likeness (QED) is 0.279. The van der Waals surface area contributed by atoms with Crippen LogP contribution < -0.4 is 9.80 Å². The van der Waals surface area contributed by atoms with Gasteiger partial charge in [-0.2, -0.15) is 0 Å². The van der Waals surface area contributed by atoms with Crippen molar-refractivity contribution in [3.63, 3.8) is 0 Å². The Kier molecular flexibility index (Phi) is 8.67. The second-order valence-electron chi connectivity index (χ2n) is 10.7. The Bertz CT molecular complexity index is 1640. The molecule has 0 atom stereocenters. The van der Waals surface area contributed by atoms with Crippen LogP contribution in [0, 0.1) is 0 Å². The van der Waals surface area contributed by atoms with Crippen LogP contribution in [0.25, 0.3) is 32.0 Å². The zero-order valence-corrected chi connectivity index (χ0v) is 25.1. The number of phenolic OH excluding ortho intramolecular Hbond substituents is 1. The molecule has 0 unspecified atom stereocenters. The van der Waals surface area contributed by atoms with Crippen LogP contribution in [0.5, 0.6) is 5.75 Å².